The molecule has 0 saturated carbocycles. The number of aliphatic hydroxyl groups is 1. The Kier molecular flexibility index (Phi) is 4.80. The number of hydrogen-bond acceptors (Lipinski definition) is 5. The van der Waals surface area contributed by atoms with Crippen molar-refractivity contribution in [1.82, 2.24) is 19.3 Å². The van der Waals surface area contributed by atoms with Gasteiger partial charge in [0.15, 0.2) is 5.82 Å². The number of halogens is 2. The molecule has 3 aromatic rings. The Balaban J connectivity index is 2.21. The lowest BCUT2D eigenvalue weighted by Gasteiger charge is -2.15. The summed E-state index contributed by atoms with van der Waals surface area (Å²) in [6.45, 7) is 6.78. The number of aromatic nitrogens is 4. The maximum atomic E-state index is 12.5. The lowest BCUT2D eigenvalue weighted by atomic mass is 10.0. The zero-order valence-corrected chi connectivity index (χ0v) is 16.7. The lowest BCUT2D eigenvalue weighted by Crippen LogP contribution is -2.21. The molecule has 9 heteroatoms. The van der Waals surface area contributed by atoms with Crippen molar-refractivity contribution in [2.45, 2.75) is 33.3 Å². The molecule has 7 nitrogen and oxygen atoms in total. The predicted octanol–water partition coefficient (Wildman–Crippen LogP) is 3.27. The van der Waals surface area contributed by atoms with E-state index in [4.69, 9.17) is 23.2 Å². The van der Waals surface area contributed by atoms with Crippen LogP contribution in [0, 0.1) is 13.8 Å². The fraction of sp³-hybridized carbons (Fsp3) is 0.278. The van der Waals surface area contributed by atoms with Gasteiger partial charge in [0.05, 0.1) is 22.6 Å². The number of nitrogens with zero attached hydrogens (tertiary/aromatic N) is 4. The molecule has 0 aromatic carbocycles. The first-order valence-corrected chi connectivity index (χ1v) is 8.83. The average molecular weight is 409 g/mol. The first kappa shape index (κ1) is 19.4. The topological polar surface area (TPSA) is 93.2 Å². The van der Waals surface area contributed by atoms with Crippen LogP contribution in [0.15, 0.2) is 29.3 Å². The van der Waals surface area contributed by atoms with Gasteiger partial charge < -0.3 is 10.2 Å². The molecule has 0 spiro atoms. The van der Waals surface area contributed by atoms with Crippen LogP contribution < -0.4 is 5.56 Å². The molecule has 0 aliphatic carbocycles. The van der Waals surface area contributed by atoms with Crippen molar-refractivity contribution in [2.75, 3.05) is 0 Å². The molecule has 0 unspecified atom stereocenters. The van der Waals surface area contributed by atoms with Gasteiger partial charge >= 0.3 is 0 Å². The van der Waals surface area contributed by atoms with E-state index in [1.807, 2.05) is 6.92 Å². The second-order valence-corrected chi connectivity index (χ2v) is 7.57. The van der Waals surface area contributed by atoms with Crippen molar-refractivity contribution in [1.29, 1.82) is 0 Å². The summed E-state index contributed by atoms with van der Waals surface area (Å²) in [6.07, 6.45) is 3.13. The summed E-state index contributed by atoms with van der Waals surface area (Å²) in [6, 6.07) is 2.97. The highest BCUT2D eigenvalue weighted by molar-refractivity contribution is 6.32. The van der Waals surface area contributed by atoms with E-state index in [0.717, 1.165) is 5.56 Å². The van der Waals surface area contributed by atoms with Gasteiger partial charge in [-0.1, -0.05) is 23.2 Å². The average Bonchev–Trinajstić information content (AvgIpc) is 2.96. The summed E-state index contributed by atoms with van der Waals surface area (Å²) in [5.74, 6) is 0.113. The van der Waals surface area contributed by atoms with Crippen LogP contribution in [0.3, 0.4) is 0 Å². The minimum absolute atomic E-state index is 0.234. The summed E-state index contributed by atoms with van der Waals surface area (Å²) >= 11 is 12.2. The number of hydrogen-bond donors (Lipinski definition) is 2. The minimum atomic E-state index is -1.11. The third-order valence-corrected chi connectivity index (χ3v) is 4.73. The van der Waals surface area contributed by atoms with Crippen LogP contribution in [0.4, 0.5) is 0 Å². The number of aryl methyl sites for hydroxylation is 2. The molecule has 3 aromatic heterocycles. The molecule has 3 rings (SSSR count). The van der Waals surface area contributed by atoms with Gasteiger partial charge in [-0.3, -0.25) is 9.36 Å². The molecule has 142 valence electrons. The minimum Gasteiger partial charge on any atom is -0.506 e. The summed E-state index contributed by atoms with van der Waals surface area (Å²) in [7, 11) is 0. The highest BCUT2D eigenvalue weighted by atomic mass is 35.5. The van der Waals surface area contributed by atoms with Crippen molar-refractivity contribution in [3.63, 3.8) is 0 Å². The van der Waals surface area contributed by atoms with Crippen LogP contribution in [0.5, 0.6) is 5.75 Å². The van der Waals surface area contributed by atoms with E-state index in [9.17, 15) is 15.0 Å². The van der Waals surface area contributed by atoms with E-state index in [1.165, 1.54) is 21.5 Å². The van der Waals surface area contributed by atoms with Crippen LogP contribution in [0.2, 0.25) is 10.0 Å². The molecule has 0 saturated heterocycles. The van der Waals surface area contributed by atoms with Crippen LogP contribution in [-0.2, 0) is 5.60 Å². The Morgan fingerprint density at radius 3 is 2.44 bits per heavy atom. The maximum absolute atomic E-state index is 12.5. The maximum Gasteiger partial charge on any atom is 0.277 e. The first-order valence-electron chi connectivity index (χ1n) is 8.07. The lowest BCUT2D eigenvalue weighted by molar-refractivity contribution is 0.0728. The normalized spacial score (nSPS) is 11.8. The summed E-state index contributed by atoms with van der Waals surface area (Å²) in [5, 5.41) is 24.3. The van der Waals surface area contributed by atoms with Crippen molar-refractivity contribution >= 4 is 23.2 Å². The second-order valence-electron chi connectivity index (χ2n) is 6.78. The summed E-state index contributed by atoms with van der Waals surface area (Å²) in [4.78, 5) is 16.8. The second kappa shape index (κ2) is 6.67. The number of aromatic hydroxyl groups is 1. The Bertz CT molecular complexity index is 1100. The standard InChI is InChI=1S/C18H18Cl2N4O3/c1-9-8-23(22-16(9)18(3,4)27)14-6-12(11(19)7-21-14)24-10(2)5-13(25)15(20)17(24)26/h5-8,25,27H,1-4H3. The first-order chi connectivity index (χ1) is 12.5. The van der Waals surface area contributed by atoms with E-state index >= 15 is 0 Å². The van der Waals surface area contributed by atoms with E-state index in [0.29, 0.717) is 22.9 Å². The van der Waals surface area contributed by atoms with Gasteiger partial charge in [0.1, 0.15) is 16.4 Å². The molecule has 0 radical (unpaired) electrons. The van der Waals surface area contributed by atoms with Gasteiger partial charge in [0.25, 0.3) is 5.56 Å². The van der Waals surface area contributed by atoms with Crippen molar-refractivity contribution in [2.24, 2.45) is 0 Å². The zero-order chi connectivity index (χ0) is 20.1. The zero-order valence-electron chi connectivity index (χ0n) is 15.2. The summed E-state index contributed by atoms with van der Waals surface area (Å²) in [5.41, 5.74) is 0.410. The van der Waals surface area contributed by atoms with E-state index in [1.54, 1.807) is 33.0 Å². The van der Waals surface area contributed by atoms with E-state index < -0.39 is 11.2 Å². The molecule has 0 atom stereocenters. The molecule has 0 bridgehead atoms. The SMILES string of the molecule is Cc1cn(-c2cc(-n3c(C)cc(O)c(Cl)c3=O)c(Cl)cn2)nc1C(C)(C)O. The highest BCUT2D eigenvalue weighted by Gasteiger charge is 2.23. The molecule has 0 fully saturated rings. The Labute approximate surface area is 165 Å². The van der Waals surface area contributed by atoms with E-state index in [-0.39, 0.29) is 15.8 Å². The molecule has 0 aliphatic rings. The van der Waals surface area contributed by atoms with Gasteiger partial charge in [-0.25, -0.2) is 9.67 Å². The largest absolute Gasteiger partial charge is 0.506 e. The predicted molar refractivity (Wildman–Crippen MR) is 103 cm³/mol. The molecule has 0 aliphatic heterocycles. The molecule has 27 heavy (non-hydrogen) atoms. The number of rotatable bonds is 3. The van der Waals surface area contributed by atoms with Crippen LogP contribution >= 0.6 is 23.2 Å². The van der Waals surface area contributed by atoms with Gasteiger partial charge in [-0.05, 0) is 33.3 Å². The van der Waals surface area contributed by atoms with Gasteiger partial charge in [0.2, 0.25) is 0 Å². The third kappa shape index (κ3) is 3.45. The molecular weight excluding hydrogens is 391 g/mol. The monoisotopic (exact) mass is 408 g/mol. The Morgan fingerprint density at radius 1 is 1.19 bits per heavy atom. The van der Waals surface area contributed by atoms with Crippen LogP contribution in [-0.4, -0.2) is 29.5 Å². The number of pyridine rings is 2. The van der Waals surface area contributed by atoms with Gasteiger partial charge in [-0.2, -0.15) is 5.10 Å². The van der Waals surface area contributed by atoms with Gasteiger partial charge in [0, 0.05) is 24.0 Å². The molecule has 3 heterocycles. The fourth-order valence-corrected chi connectivity index (χ4v) is 3.22. The molecule has 0 amide bonds. The van der Waals surface area contributed by atoms with Gasteiger partial charge in [-0.15, -0.1) is 0 Å². The van der Waals surface area contributed by atoms with Crippen molar-refractivity contribution < 1.29 is 10.2 Å². The smallest absolute Gasteiger partial charge is 0.277 e. The third-order valence-electron chi connectivity index (χ3n) is 4.09. The fourth-order valence-electron chi connectivity index (χ4n) is 2.89. The van der Waals surface area contributed by atoms with Crippen molar-refractivity contribution in [3.8, 4) is 17.3 Å². The Hall–Kier alpha value is -2.35. The van der Waals surface area contributed by atoms with E-state index in [2.05, 4.69) is 10.1 Å². The Morgan fingerprint density at radius 2 is 1.85 bits per heavy atom. The molecular formula is C18H18Cl2N4O3. The quantitative estimate of drug-likeness (QED) is 0.693. The van der Waals surface area contributed by atoms with Crippen LogP contribution in [0.1, 0.15) is 30.8 Å². The van der Waals surface area contributed by atoms with Crippen LogP contribution in [0.25, 0.3) is 11.5 Å². The molecule has 2 N–H and O–H groups in total. The highest BCUT2D eigenvalue weighted by Crippen LogP contribution is 2.27. The summed E-state index contributed by atoms with van der Waals surface area (Å²) < 4.78 is 2.80. The van der Waals surface area contributed by atoms with Crippen molar-refractivity contribution in [3.05, 3.63) is 61.9 Å².